The molecule has 6 heteroatoms. The van der Waals surface area contributed by atoms with Gasteiger partial charge in [0.15, 0.2) is 0 Å². The molecule has 15 heavy (non-hydrogen) atoms. The molecule has 0 saturated heterocycles. The normalized spacial score (nSPS) is 13.9. The Labute approximate surface area is 86.3 Å². The minimum Gasteiger partial charge on any atom is -0.336 e. The van der Waals surface area contributed by atoms with Crippen LogP contribution in [0.2, 0.25) is 0 Å². The number of nitrogens with one attached hydrogen (secondary N) is 2. The molecule has 1 aliphatic rings. The SMILES string of the molecule is C#CNC(=O)NCCN1C(=O)C=CC1=O. The molecule has 1 rings (SSSR count). The van der Waals surface area contributed by atoms with Gasteiger partial charge in [0.25, 0.3) is 11.8 Å². The quantitative estimate of drug-likeness (QED) is 0.346. The summed E-state index contributed by atoms with van der Waals surface area (Å²) < 4.78 is 0. The van der Waals surface area contributed by atoms with Crippen LogP contribution in [0.1, 0.15) is 0 Å². The van der Waals surface area contributed by atoms with Gasteiger partial charge in [0.2, 0.25) is 0 Å². The Hall–Kier alpha value is -2.29. The van der Waals surface area contributed by atoms with Crippen LogP contribution >= 0.6 is 0 Å². The van der Waals surface area contributed by atoms with E-state index in [0.29, 0.717) is 0 Å². The predicted molar refractivity (Wildman–Crippen MR) is 51.2 cm³/mol. The Bertz CT molecular complexity index is 349. The molecule has 0 unspecified atom stereocenters. The predicted octanol–water partition coefficient (Wildman–Crippen LogP) is -1.20. The molecular weight excluding hydrogens is 198 g/mol. The van der Waals surface area contributed by atoms with Gasteiger partial charge in [-0.25, -0.2) is 4.79 Å². The van der Waals surface area contributed by atoms with Crippen molar-refractivity contribution >= 4 is 17.8 Å². The van der Waals surface area contributed by atoms with Crippen LogP contribution in [-0.4, -0.2) is 35.8 Å². The van der Waals surface area contributed by atoms with Crippen molar-refractivity contribution in [3.63, 3.8) is 0 Å². The van der Waals surface area contributed by atoms with Gasteiger partial charge in [-0.15, -0.1) is 0 Å². The number of imide groups is 1. The second-order valence-electron chi connectivity index (χ2n) is 2.69. The summed E-state index contributed by atoms with van der Waals surface area (Å²) in [6, 6.07) is 1.40. The molecular formula is C9H9N3O3. The number of carbonyl (C=O) groups excluding carboxylic acids is 3. The number of carbonyl (C=O) groups is 3. The molecule has 2 N–H and O–H groups in total. The van der Waals surface area contributed by atoms with E-state index < -0.39 is 6.03 Å². The lowest BCUT2D eigenvalue weighted by molar-refractivity contribution is -0.136. The number of amides is 4. The Morgan fingerprint density at radius 3 is 2.53 bits per heavy atom. The lowest BCUT2D eigenvalue weighted by Gasteiger charge is -2.13. The van der Waals surface area contributed by atoms with Crippen LogP contribution in [-0.2, 0) is 9.59 Å². The second kappa shape index (κ2) is 4.81. The standard InChI is InChI=1S/C9H9N3O3/c1-2-10-9(15)11-5-6-12-7(13)3-4-8(12)14/h1,3-4H,5-6H2,(H2,10,11,15). The molecule has 0 aromatic rings. The highest BCUT2D eigenvalue weighted by Crippen LogP contribution is 2.01. The fourth-order valence-electron chi connectivity index (χ4n) is 1.04. The number of urea groups is 1. The molecule has 0 saturated carbocycles. The van der Waals surface area contributed by atoms with Crippen molar-refractivity contribution in [3.05, 3.63) is 12.2 Å². The first kappa shape index (κ1) is 10.8. The maximum absolute atomic E-state index is 11.0. The number of terminal acetylenes is 1. The third kappa shape index (κ3) is 2.84. The van der Waals surface area contributed by atoms with Crippen molar-refractivity contribution in [2.75, 3.05) is 13.1 Å². The van der Waals surface area contributed by atoms with Crippen LogP contribution in [0.15, 0.2) is 12.2 Å². The fourth-order valence-corrected chi connectivity index (χ4v) is 1.04. The summed E-state index contributed by atoms with van der Waals surface area (Å²) in [4.78, 5) is 33.9. The van der Waals surface area contributed by atoms with Gasteiger partial charge in [0.05, 0.1) is 0 Å². The van der Waals surface area contributed by atoms with E-state index in [1.54, 1.807) is 0 Å². The van der Waals surface area contributed by atoms with Gasteiger partial charge >= 0.3 is 6.03 Å². The molecule has 0 spiro atoms. The summed E-state index contributed by atoms with van der Waals surface area (Å²) in [5.74, 6) is -0.752. The van der Waals surface area contributed by atoms with Gasteiger partial charge in [-0.1, -0.05) is 6.42 Å². The molecule has 0 aliphatic carbocycles. The first-order valence-electron chi connectivity index (χ1n) is 4.18. The first-order chi connectivity index (χ1) is 7.15. The molecule has 0 aromatic heterocycles. The fraction of sp³-hybridized carbons (Fsp3) is 0.222. The van der Waals surface area contributed by atoms with Crippen LogP contribution < -0.4 is 10.6 Å². The zero-order chi connectivity index (χ0) is 11.3. The van der Waals surface area contributed by atoms with Crippen molar-refractivity contribution < 1.29 is 14.4 Å². The Kier molecular flexibility index (Phi) is 3.46. The zero-order valence-corrected chi connectivity index (χ0v) is 7.82. The molecule has 78 valence electrons. The van der Waals surface area contributed by atoms with Crippen LogP contribution in [0.3, 0.4) is 0 Å². The topological polar surface area (TPSA) is 78.5 Å². The van der Waals surface area contributed by atoms with Crippen LogP contribution in [0.4, 0.5) is 4.79 Å². The number of hydrogen-bond donors (Lipinski definition) is 2. The van der Waals surface area contributed by atoms with E-state index in [0.717, 1.165) is 4.90 Å². The van der Waals surface area contributed by atoms with E-state index in [1.807, 2.05) is 6.04 Å². The van der Waals surface area contributed by atoms with Crippen molar-refractivity contribution in [2.24, 2.45) is 0 Å². The molecule has 1 heterocycles. The second-order valence-corrected chi connectivity index (χ2v) is 2.69. The van der Waals surface area contributed by atoms with Crippen LogP contribution in [0, 0.1) is 12.5 Å². The summed E-state index contributed by atoms with van der Waals surface area (Å²) in [7, 11) is 0. The summed E-state index contributed by atoms with van der Waals surface area (Å²) >= 11 is 0. The minimum absolute atomic E-state index is 0.128. The lowest BCUT2D eigenvalue weighted by Crippen LogP contribution is -2.40. The zero-order valence-electron chi connectivity index (χ0n) is 7.82. The van der Waals surface area contributed by atoms with E-state index in [1.165, 1.54) is 12.2 Å². The minimum atomic E-state index is -0.537. The van der Waals surface area contributed by atoms with E-state index >= 15 is 0 Å². The summed E-state index contributed by atoms with van der Waals surface area (Å²) in [6.07, 6.45) is 7.19. The summed E-state index contributed by atoms with van der Waals surface area (Å²) in [5.41, 5.74) is 0. The van der Waals surface area contributed by atoms with Gasteiger partial charge in [-0.2, -0.15) is 0 Å². The maximum Gasteiger partial charge on any atom is 0.326 e. The number of nitrogens with zero attached hydrogens (tertiary/aromatic N) is 1. The van der Waals surface area contributed by atoms with Gasteiger partial charge in [-0.3, -0.25) is 19.8 Å². The van der Waals surface area contributed by atoms with Gasteiger partial charge in [-0.05, 0) is 0 Å². The third-order valence-electron chi connectivity index (χ3n) is 1.71. The molecule has 0 atom stereocenters. The van der Waals surface area contributed by atoms with Gasteiger partial charge in [0, 0.05) is 31.3 Å². The Morgan fingerprint density at radius 2 is 2.00 bits per heavy atom. The lowest BCUT2D eigenvalue weighted by atomic mass is 10.5. The van der Waals surface area contributed by atoms with Gasteiger partial charge < -0.3 is 5.32 Å². The molecule has 0 radical (unpaired) electrons. The summed E-state index contributed by atoms with van der Waals surface area (Å²) in [5, 5.41) is 4.45. The highest BCUT2D eigenvalue weighted by Gasteiger charge is 2.22. The average molecular weight is 207 g/mol. The van der Waals surface area contributed by atoms with E-state index in [2.05, 4.69) is 10.6 Å². The van der Waals surface area contributed by atoms with E-state index in [4.69, 9.17) is 6.42 Å². The first-order valence-corrected chi connectivity index (χ1v) is 4.18. The monoisotopic (exact) mass is 207 g/mol. The highest BCUT2D eigenvalue weighted by molar-refractivity contribution is 6.12. The molecule has 1 aliphatic heterocycles. The van der Waals surface area contributed by atoms with Crippen molar-refractivity contribution in [2.45, 2.75) is 0 Å². The largest absolute Gasteiger partial charge is 0.336 e. The number of hydrogen-bond acceptors (Lipinski definition) is 3. The molecule has 0 fully saturated rings. The van der Waals surface area contributed by atoms with E-state index in [-0.39, 0.29) is 24.9 Å². The Morgan fingerprint density at radius 1 is 1.40 bits per heavy atom. The van der Waals surface area contributed by atoms with Gasteiger partial charge in [0.1, 0.15) is 0 Å². The maximum atomic E-state index is 11.0. The molecule has 0 aromatic carbocycles. The molecule has 6 nitrogen and oxygen atoms in total. The average Bonchev–Trinajstić information content (AvgIpc) is 2.49. The third-order valence-corrected chi connectivity index (χ3v) is 1.71. The van der Waals surface area contributed by atoms with Crippen molar-refractivity contribution in [1.29, 1.82) is 0 Å². The summed E-state index contributed by atoms with van der Waals surface area (Å²) in [6.45, 7) is 0.287. The molecule has 0 bridgehead atoms. The van der Waals surface area contributed by atoms with Crippen molar-refractivity contribution in [1.82, 2.24) is 15.5 Å². The Balaban J connectivity index is 2.27. The highest BCUT2D eigenvalue weighted by atomic mass is 16.2. The molecule has 4 amide bonds. The van der Waals surface area contributed by atoms with Crippen LogP contribution in [0.25, 0.3) is 0 Å². The van der Waals surface area contributed by atoms with Crippen molar-refractivity contribution in [3.8, 4) is 12.5 Å². The number of rotatable bonds is 3. The van der Waals surface area contributed by atoms with E-state index in [9.17, 15) is 14.4 Å². The smallest absolute Gasteiger partial charge is 0.326 e. The van der Waals surface area contributed by atoms with Crippen LogP contribution in [0.5, 0.6) is 0 Å².